The second kappa shape index (κ2) is 6.00. The first kappa shape index (κ1) is 14.3. The normalized spacial score (nSPS) is 17.1. The molecule has 0 bridgehead atoms. The number of esters is 1. The number of furan rings is 1. The van der Waals surface area contributed by atoms with Crippen molar-refractivity contribution in [3.05, 3.63) is 35.4 Å². The highest BCUT2D eigenvalue weighted by Crippen LogP contribution is 2.34. The number of hydrogen-bond acceptors (Lipinski definition) is 7. The van der Waals surface area contributed by atoms with Gasteiger partial charge < -0.3 is 14.5 Å². The lowest BCUT2D eigenvalue weighted by atomic mass is 10.0. The minimum Gasteiger partial charge on any atom is -0.467 e. The lowest BCUT2D eigenvalue weighted by molar-refractivity contribution is -0.139. The monoisotopic (exact) mass is 303 g/mol. The third-order valence-electron chi connectivity index (χ3n) is 3.48. The van der Waals surface area contributed by atoms with Gasteiger partial charge in [-0.05, 0) is 35.9 Å². The van der Waals surface area contributed by atoms with Crippen molar-refractivity contribution in [3.63, 3.8) is 0 Å². The van der Waals surface area contributed by atoms with Crippen molar-refractivity contribution < 1.29 is 13.9 Å². The van der Waals surface area contributed by atoms with Gasteiger partial charge >= 0.3 is 5.97 Å². The first-order valence-corrected chi connectivity index (χ1v) is 7.18. The summed E-state index contributed by atoms with van der Waals surface area (Å²) in [6.45, 7) is 4.23. The van der Waals surface area contributed by atoms with Crippen molar-refractivity contribution in [3.8, 4) is 0 Å². The van der Waals surface area contributed by atoms with Crippen LogP contribution in [-0.4, -0.2) is 32.8 Å². The summed E-state index contributed by atoms with van der Waals surface area (Å²) in [6.07, 6.45) is 3.34. The summed E-state index contributed by atoms with van der Waals surface area (Å²) in [5, 5.41) is 14.5. The molecule has 0 aliphatic carbocycles. The Hall–Kier alpha value is -2.64. The Morgan fingerprint density at radius 3 is 3.14 bits per heavy atom. The van der Waals surface area contributed by atoms with E-state index in [4.69, 9.17) is 9.15 Å². The van der Waals surface area contributed by atoms with Crippen LogP contribution in [0.3, 0.4) is 0 Å². The Balaban J connectivity index is 1.96. The average Bonchev–Trinajstić information content (AvgIpc) is 3.16. The van der Waals surface area contributed by atoms with Crippen LogP contribution in [0.15, 0.2) is 34.1 Å². The summed E-state index contributed by atoms with van der Waals surface area (Å²) < 4.78 is 12.3. The smallest absolute Gasteiger partial charge is 0.338 e. The van der Waals surface area contributed by atoms with Gasteiger partial charge in [0.15, 0.2) is 0 Å². The number of unbranched alkanes of at least 4 members (excludes halogenated alkanes) is 1. The Morgan fingerprint density at radius 2 is 2.41 bits per heavy atom. The number of carbonyl (C=O) groups is 1. The Labute approximate surface area is 127 Å². The van der Waals surface area contributed by atoms with Crippen molar-refractivity contribution in [2.75, 3.05) is 11.9 Å². The fourth-order valence-corrected chi connectivity index (χ4v) is 2.37. The predicted octanol–water partition coefficient (Wildman–Crippen LogP) is 1.90. The molecule has 0 spiro atoms. The van der Waals surface area contributed by atoms with Crippen LogP contribution in [0.1, 0.15) is 38.5 Å². The molecule has 8 heteroatoms. The zero-order valence-electron chi connectivity index (χ0n) is 12.4. The van der Waals surface area contributed by atoms with Crippen LogP contribution in [0.5, 0.6) is 0 Å². The molecule has 2 aromatic heterocycles. The molecule has 22 heavy (non-hydrogen) atoms. The Kier molecular flexibility index (Phi) is 3.90. The van der Waals surface area contributed by atoms with E-state index < -0.39 is 6.04 Å². The van der Waals surface area contributed by atoms with Gasteiger partial charge in [0, 0.05) is 5.70 Å². The predicted molar refractivity (Wildman–Crippen MR) is 76.9 cm³/mol. The summed E-state index contributed by atoms with van der Waals surface area (Å²) in [6, 6.07) is 3.01. The molecule has 3 heterocycles. The molecule has 0 aromatic carbocycles. The fraction of sp³-hybridized carbons (Fsp3) is 0.429. The number of anilines is 1. The van der Waals surface area contributed by atoms with E-state index in [1.54, 1.807) is 25.3 Å². The molecular weight excluding hydrogens is 286 g/mol. The number of hydrogen-bond donors (Lipinski definition) is 1. The fourth-order valence-electron chi connectivity index (χ4n) is 2.37. The summed E-state index contributed by atoms with van der Waals surface area (Å²) in [5.41, 5.74) is 1.11. The summed E-state index contributed by atoms with van der Waals surface area (Å²) >= 11 is 0. The SMILES string of the molecule is CCCCOC(=O)C1=C(C)Nc2nnnn2C1c1ccco1. The second-order valence-electron chi connectivity index (χ2n) is 5.02. The second-order valence-corrected chi connectivity index (χ2v) is 5.02. The first-order valence-electron chi connectivity index (χ1n) is 7.18. The number of aromatic nitrogens is 4. The van der Waals surface area contributed by atoms with Gasteiger partial charge in [0.2, 0.25) is 5.95 Å². The lowest BCUT2D eigenvalue weighted by Gasteiger charge is -2.25. The number of nitrogens with zero attached hydrogens (tertiary/aromatic N) is 4. The summed E-state index contributed by atoms with van der Waals surface area (Å²) in [5.74, 6) is 0.654. The van der Waals surface area contributed by atoms with Crippen LogP contribution in [-0.2, 0) is 9.53 Å². The van der Waals surface area contributed by atoms with Gasteiger partial charge in [-0.1, -0.05) is 18.4 Å². The Bertz CT molecular complexity index is 689. The molecule has 0 fully saturated rings. The molecule has 0 radical (unpaired) electrons. The number of rotatable bonds is 5. The molecule has 2 aromatic rings. The van der Waals surface area contributed by atoms with E-state index in [2.05, 4.69) is 20.8 Å². The molecule has 0 saturated heterocycles. The molecule has 0 saturated carbocycles. The minimum atomic E-state index is -0.532. The van der Waals surface area contributed by atoms with E-state index in [-0.39, 0.29) is 5.97 Å². The van der Waals surface area contributed by atoms with Crippen molar-refractivity contribution in [2.24, 2.45) is 0 Å². The van der Waals surface area contributed by atoms with Gasteiger partial charge in [-0.25, -0.2) is 4.79 Å². The number of tetrazole rings is 1. The maximum Gasteiger partial charge on any atom is 0.338 e. The molecule has 3 rings (SSSR count). The highest BCUT2D eigenvalue weighted by molar-refractivity contribution is 5.92. The van der Waals surface area contributed by atoms with Crippen molar-refractivity contribution in [1.29, 1.82) is 0 Å². The summed E-state index contributed by atoms with van der Waals surface area (Å²) in [7, 11) is 0. The van der Waals surface area contributed by atoms with E-state index >= 15 is 0 Å². The van der Waals surface area contributed by atoms with E-state index in [1.807, 2.05) is 6.92 Å². The van der Waals surface area contributed by atoms with Crippen LogP contribution in [0.25, 0.3) is 0 Å². The van der Waals surface area contributed by atoms with Crippen LogP contribution in [0.2, 0.25) is 0 Å². The topological polar surface area (TPSA) is 95.1 Å². The van der Waals surface area contributed by atoms with Crippen molar-refractivity contribution >= 4 is 11.9 Å². The molecular formula is C14H17N5O3. The maximum absolute atomic E-state index is 12.5. The van der Waals surface area contributed by atoms with E-state index in [9.17, 15) is 4.79 Å². The quantitative estimate of drug-likeness (QED) is 0.665. The highest BCUT2D eigenvalue weighted by atomic mass is 16.5. The highest BCUT2D eigenvalue weighted by Gasteiger charge is 2.36. The van der Waals surface area contributed by atoms with E-state index in [1.165, 1.54) is 4.68 Å². The third-order valence-corrected chi connectivity index (χ3v) is 3.48. The lowest BCUT2D eigenvalue weighted by Crippen LogP contribution is -2.29. The van der Waals surface area contributed by atoms with Gasteiger partial charge in [-0.2, -0.15) is 4.68 Å². The van der Waals surface area contributed by atoms with Gasteiger partial charge in [-0.3, -0.25) is 0 Å². The minimum absolute atomic E-state index is 0.388. The number of carbonyl (C=O) groups excluding carboxylic acids is 1. The molecule has 116 valence electrons. The molecule has 0 amide bonds. The molecule has 1 N–H and O–H groups in total. The van der Waals surface area contributed by atoms with E-state index in [0.717, 1.165) is 12.8 Å². The maximum atomic E-state index is 12.5. The van der Waals surface area contributed by atoms with Gasteiger partial charge in [-0.15, -0.1) is 0 Å². The molecule has 1 unspecified atom stereocenters. The number of nitrogens with one attached hydrogen (secondary N) is 1. The van der Waals surface area contributed by atoms with Crippen LogP contribution < -0.4 is 5.32 Å². The number of fused-ring (bicyclic) bond motifs is 1. The molecule has 1 aliphatic heterocycles. The zero-order chi connectivity index (χ0) is 15.5. The zero-order valence-corrected chi connectivity index (χ0v) is 12.4. The first-order chi connectivity index (χ1) is 10.7. The van der Waals surface area contributed by atoms with Crippen LogP contribution in [0.4, 0.5) is 5.95 Å². The standard InChI is InChI=1S/C14H17N5O3/c1-3-4-7-22-13(20)11-9(2)15-14-16-17-18-19(14)12(11)10-6-5-8-21-10/h5-6,8,12H,3-4,7H2,1-2H3,(H,15,16,18). The molecule has 8 nitrogen and oxygen atoms in total. The largest absolute Gasteiger partial charge is 0.467 e. The van der Waals surface area contributed by atoms with Gasteiger partial charge in [0.1, 0.15) is 11.8 Å². The van der Waals surface area contributed by atoms with E-state index in [0.29, 0.717) is 29.6 Å². The number of ether oxygens (including phenoxy) is 1. The van der Waals surface area contributed by atoms with Crippen LogP contribution >= 0.6 is 0 Å². The van der Waals surface area contributed by atoms with Crippen molar-refractivity contribution in [2.45, 2.75) is 32.7 Å². The summed E-state index contributed by atoms with van der Waals surface area (Å²) in [4.78, 5) is 12.5. The number of allylic oxidation sites excluding steroid dienone is 1. The van der Waals surface area contributed by atoms with Crippen molar-refractivity contribution in [1.82, 2.24) is 20.2 Å². The van der Waals surface area contributed by atoms with Gasteiger partial charge in [0.25, 0.3) is 0 Å². The molecule has 1 atom stereocenters. The third kappa shape index (κ3) is 2.47. The molecule has 1 aliphatic rings. The Morgan fingerprint density at radius 1 is 1.55 bits per heavy atom. The average molecular weight is 303 g/mol. The van der Waals surface area contributed by atoms with Gasteiger partial charge in [0.05, 0.1) is 18.4 Å². The van der Waals surface area contributed by atoms with Crippen LogP contribution in [0, 0.1) is 0 Å².